The molecule has 1 fully saturated rings. The molecule has 5 nitrogen and oxygen atoms in total. The van der Waals surface area contributed by atoms with Crippen molar-refractivity contribution < 1.29 is 14.7 Å². The highest BCUT2D eigenvalue weighted by Crippen LogP contribution is 2.07. The molecule has 0 saturated carbocycles. The molecule has 0 aromatic heterocycles. The number of amides is 1. The molecule has 0 bridgehead atoms. The van der Waals surface area contributed by atoms with E-state index in [1.807, 2.05) is 24.3 Å². The summed E-state index contributed by atoms with van der Waals surface area (Å²) in [6.07, 6.45) is 0.575. The van der Waals surface area contributed by atoms with Crippen molar-refractivity contribution in [1.82, 2.24) is 10.6 Å². The van der Waals surface area contributed by atoms with Crippen LogP contribution >= 0.6 is 0 Å². The zero-order valence-corrected chi connectivity index (χ0v) is 9.98. The fourth-order valence-electron chi connectivity index (χ4n) is 1.96. The summed E-state index contributed by atoms with van der Waals surface area (Å²) in [7, 11) is 0. The van der Waals surface area contributed by atoms with E-state index in [2.05, 4.69) is 10.6 Å². The number of nitrogens with one attached hydrogen (secondary N) is 2. The Hall–Kier alpha value is -1.88. The molecule has 1 aliphatic rings. The third kappa shape index (κ3) is 3.56. The molecule has 1 aromatic rings. The highest BCUT2D eigenvalue weighted by Gasteiger charge is 2.20. The minimum atomic E-state index is -0.823. The molecule has 1 unspecified atom stereocenters. The molecule has 1 heterocycles. The van der Waals surface area contributed by atoms with Gasteiger partial charge in [-0.1, -0.05) is 24.3 Å². The molecule has 3 N–H and O–H groups in total. The highest BCUT2D eigenvalue weighted by atomic mass is 16.4. The van der Waals surface area contributed by atoms with Gasteiger partial charge in [0, 0.05) is 25.6 Å². The van der Waals surface area contributed by atoms with Gasteiger partial charge in [0.15, 0.2) is 0 Å². The zero-order chi connectivity index (χ0) is 13.0. The SMILES string of the molecule is O=C(O)Cc1ccc(CNC2CNC(=O)C2)cc1. The maximum absolute atomic E-state index is 11.0. The Bertz CT molecular complexity index is 442. The van der Waals surface area contributed by atoms with Crippen LogP contribution in [0, 0.1) is 0 Å². The molecular formula is C13H16N2O3. The number of carboxylic acid groups (broad SMARTS) is 1. The maximum Gasteiger partial charge on any atom is 0.307 e. The van der Waals surface area contributed by atoms with Gasteiger partial charge in [-0.3, -0.25) is 9.59 Å². The van der Waals surface area contributed by atoms with Gasteiger partial charge in [-0.15, -0.1) is 0 Å². The summed E-state index contributed by atoms with van der Waals surface area (Å²) in [6.45, 7) is 1.36. The molecule has 1 aromatic carbocycles. The Morgan fingerprint density at radius 1 is 1.33 bits per heavy atom. The van der Waals surface area contributed by atoms with Gasteiger partial charge < -0.3 is 15.7 Å². The predicted molar refractivity (Wildman–Crippen MR) is 66.0 cm³/mol. The first-order chi connectivity index (χ1) is 8.63. The lowest BCUT2D eigenvalue weighted by Crippen LogP contribution is -2.30. The normalized spacial score (nSPS) is 18.7. The maximum atomic E-state index is 11.0. The minimum absolute atomic E-state index is 0.0504. The molecule has 0 spiro atoms. The van der Waals surface area contributed by atoms with Crippen LogP contribution < -0.4 is 10.6 Å². The fourth-order valence-corrected chi connectivity index (χ4v) is 1.96. The lowest BCUT2D eigenvalue weighted by molar-refractivity contribution is -0.136. The van der Waals surface area contributed by atoms with Crippen molar-refractivity contribution in [2.45, 2.75) is 25.4 Å². The van der Waals surface area contributed by atoms with Crippen LogP contribution in [0.2, 0.25) is 0 Å². The summed E-state index contributed by atoms with van der Waals surface area (Å²) in [5, 5.41) is 14.7. The monoisotopic (exact) mass is 248 g/mol. The van der Waals surface area contributed by atoms with Crippen LogP contribution in [0.3, 0.4) is 0 Å². The predicted octanol–water partition coefficient (Wildman–Crippen LogP) is 0.292. The second kappa shape index (κ2) is 5.64. The molecule has 2 rings (SSSR count). The summed E-state index contributed by atoms with van der Waals surface area (Å²) in [5.74, 6) is -0.735. The molecule has 96 valence electrons. The largest absolute Gasteiger partial charge is 0.481 e. The number of aliphatic carboxylic acids is 1. The van der Waals surface area contributed by atoms with Crippen LogP contribution in [0.15, 0.2) is 24.3 Å². The lowest BCUT2D eigenvalue weighted by atomic mass is 10.1. The number of carbonyl (C=O) groups is 2. The number of hydrogen-bond acceptors (Lipinski definition) is 3. The van der Waals surface area contributed by atoms with E-state index in [9.17, 15) is 9.59 Å². The van der Waals surface area contributed by atoms with Gasteiger partial charge in [0.25, 0.3) is 0 Å². The fraction of sp³-hybridized carbons (Fsp3) is 0.385. The molecule has 5 heteroatoms. The summed E-state index contributed by atoms with van der Waals surface area (Å²) >= 11 is 0. The second-order valence-corrected chi connectivity index (χ2v) is 4.47. The van der Waals surface area contributed by atoms with Gasteiger partial charge in [-0.25, -0.2) is 0 Å². The van der Waals surface area contributed by atoms with Crippen LogP contribution in [-0.4, -0.2) is 29.6 Å². The zero-order valence-electron chi connectivity index (χ0n) is 9.98. The van der Waals surface area contributed by atoms with E-state index in [0.29, 0.717) is 19.5 Å². The van der Waals surface area contributed by atoms with Crippen molar-refractivity contribution >= 4 is 11.9 Å². The summed E-state index contributed by atoms with van der Waals surface area (Å²) in [6, 6.07) is 7.66. The van der Waals surface area contributed by atoms with Gasteiger partial charge in [0.1, 0.15) is 0 Å². The molecule has 0 aliphatic carbocycles. The number of carbonyl (C=O) groups excluding carboxylic acids is 1. The smallest absolute Gasteiger partial charge is 0.307 e. The van der Waals surface area contributed by atoms with Crippen molar-refractivity contribution in [2.24, 2.45) is 0 Å². The molecule has 1 aliphatic heterocycles. The molecule has 1 amide bonds. The third-order valence-electron chi connectivity index (χ3n) is 2.95. The Morgan fingerprint density at radius 2 is 2.00 bits per heavy atom. The van der Waals surface area contributed by atoms with Crippen molar-refractivity contribution in [3.63, 3.8) is 0 Å². The van der Waals surface area contributed by atoms with E-state index in [1.165, 1.54) is 0 Å². The Balaban J connectivity index is 1.82. The highest BCUT2D eigenvalue weighted by molar-refractivity contribution is 5.78. The molecule has 1 saturated heterocycles. The van der Waals surface area contributed by atoms with Gasteiger partial charge >= 0.3 is 5.97 Å². The Labute approximate surface area is 105 Å². The van der Waals surface area contributed by atoms with Crippen LogP contribution in [0.4, 0.5) is 0 Å². The Morgan fingerprint density at radius 3 is 2.56 bits per heavy atom. The molecular weight excluding hydrogens is 232 g/mol. The first kappa shape index (κ1) is 12.6. The Kier molecular flexibility index (Phi) is 3.94. The van der Waals surface area contributed by atoms with Gasteiger partial charge in [0.05, 0.1) is 6.42 Å². The van der Waals surface area contributed by atoms with E-state index in [-0.39, 0.29) is 18.4 Å². The quantitative estimate of drug-likeness (QED) is 0.700. The number of carboxylic acids is 1. The molecule has 0 radical (unpaired) electrons. The van der Waals surface area contributed by atoms with Crippen molar-refractivity contribution in [1.29, 1.82) is 0 Å². The van der Waals surface area contributed by atoms with Crippen LogP contribution in [-0.2, 0) is 22.6 Å². The van der Waals surface area contributed by atoms with Gasteiger partial charge in [-0.05, 0) is 11.1 Å². The second-order valence-electron chi connectivity index (χ2n) is 4.47. The van der Waals surface area contributed by atoms with Crippen molar-refractivity contribution in [3.8, 4) is 0 Å². The van der Waals surface area contributed by atoms with Crippen LogP contribution in [0.1, 0.15) is 17.5 Å². The van der Waals surface area contributed by atoms with E-state index >= 15 is 0 Å². The molecule has 18 heavy (non-hydrogen) atoms. The third-order valence-corrected chi connectivity index (χ3v) is 2.95. The topological polar surface area (TPSA) is 78.4 Å². The first-order valence-corrected chi connectivity index (χ1v) is 5.93. The van der Waals surface area contributed by atoms with Gasteiger partial charge in [0.2, 0.25) is 5.91 Å². The van der Waals surface area contributed by atoms with E-state index in [0.717, 1.165) is 11.1 Å². The van der Waals surface area contributed by atoms with Crippen LogP contribution in [0.5, 0.6) is 0 Å². The minimum Gasteiger partial charge on any atom is -0.481 e. The standard InChI is InChI=1S/C13H16N2O3/c16-12-6-11(8-15-12)14-7-10-3-1-9(2-4-10)5-13(17)18/h1-4,11,14H,5-8H2,(H,15,16)(H,17,18). The van der Waals surface area contributed by atoms with E-state index in [1.54, 1.807) is 0 Å². The average molecular weight is 248 g/mol. The lowest BCUT2D eigenvalue weighted by Gasteiger charge is -2.10. The number of hydrogen-bond donors (Lipinski definition) is 3. The van der Waals surface area contributed by atoms with E-state index < -0.39 is 5.97 Å². The number of benzene rings is 1. The van der Waals surface area contributed by atoms with Gasteiger partial charge in [-0.2, -0.15) is 0 Å². The molecule has 1 atom stereocenters. The van der Waals surface area contributed by atoms with E-state index in [4.69, 9.17) is 5.11 Å². The van der Waals surface area contributed by atoms with Crippen molar-refractivity contribution in [2.75, 3.05) is 6.54 Å². The van der Waals surface area contributed by atoms with Crippen LogP contribution in [0.25, 0.3) is 0 Å². The average Bonchev–Trinajstić information content (AvgIpc) is 2.74. The summed E-state index contributed by atoms with van der Waals surface area (Å²) < 4.78 is 0. The first-order valence-electron chi connectivity index (χ1n) is 5.93. The van der Waals surface area contributed by atoms with Crippen molar-refractivity contribution in [3.05, 3.63) is 35.4 Å². The number of rotatable bonds is 5. The summed E-state index contributed by atoms with van der Waals surface area (Å²) in [4.78, 5) is 21.5. The summed E-state index contributed by atoms with van der Waals surface area (Å²) in [5.41, 5.74) is 1.88.